The van der Waals surface area contributed by atoms with E-state index in [0.29, 0.717) is 11.1 Å². The van der Waals surface area contributed by atoms with E-state index >= 15 is 0 Å². The second-order valence-corrected chi connectivity index (χ2v) is 6.92. The van der Waals surface area contributed by atoms with Crippen LogP contribution in [0, 0.1) is 0 Å². The Balaban J connectivity index is 1.63. The molecule has 0 aromatic heterocycles. The van der Waals surface area contributed by atoms with E-state index in [1.807, 2.05) is 0 Å². The molecule has 1 fully saturated rings. The highest BCUT2D eigenvalue weighted by Gasteiger charge is 2.42. The smallest absolute Gasteiger partial charge is 0.347 e. The molecule has 1 unspecified atom stereocenters. The fraction of sp³-hybridized carbons (Fsp3) is 0.273. The van der Waals surface area contributed by atoms with Gasteiger partial charge in [-0.25, -0.2) is 4.79 Å². The molecule has 30 heavy (non-hydrogen) atoms. The molecule has 8 nitrogen and oxygen atoms in total. The van der Waals surface area contributed by atoms with Crippen molar-refractivity contribution in [3.8, 4) is 0 Å². The lowest BCUT2D eigenvalue weighted by atomic mass is 10.00. The summed E-state index contributed by atoms with van der Waals surface area (Å²) in [6.45, 7) is 0.123. The van der Waals surface area contributed by atoms with Crippen LogP contribution in [0.5, 0.6) is 0 Å². The second kappa shape index (κ2) is 9.32. The number of ether oxygens (including phenoxy) is 2. The Morgan fingerprint density at radius 1 is 1.03 bits per heavy atom. The fourth-order valence-corrected chi connectivity index (χ4v) is 3.02. The molecule has 2 aromatic carbocycles. The maximum absolute atomic E-state index is 12.9. The van der Waals surface area contributed by atoms with Crippen molar-refractivity contribution in [1.29, 1.82) is 0 Å². The lowest BCUT2D eigenvalue weighted by molar-refractivity contribution is -0.149. The molecular weight excluding hydrogens is 388 g/mol. The van der Waals surface area contributed by atoms with Crippen molar-refractivity contribution in [3.05, 3.63) is 71.8 Å². The third-order valence-electron chi connectivity index (χ3n) is 4.66. The van der Waals surface area contributed by atoms with Gasteiger partial charge in [-0.3, -0.25) is 20.1 Å². The van der Waals surface area contributed by atoms with Gasteiger partial charge in [-0.05, 0) is 0 Å². The number of Topliss-reactive ketones (excluding diaryl/α,β-unsaturated/α-hetero) is 1. The average molecular weight is 410 g/mol. The van der Waals surface area contributed by atoms with Gasteiger partial charge in [0.15, 0.2) is 11.8 Å². The summed E-state index contributed by atoms with van der Waals surface area (Å²) < 4.78 is 10.2. The Morgan fingerprint density at radius 3 is 2.27 bits per heavy atom. The topological polar surface area (TPSA) is 125 Å². The van der Waals surface area contributed by atoms with Crippen molar-refractivity contribution in [2.45, 2.75) is 31.0 Å². The standard InChI is InChI=1S/C22H22N2O6/c23-22(13-14-29-21(22)28)24-17(25)11-12-18(26)30-20(16-9-5-2-6-10-16)19(27)15-7-3-1-4-8-15/h1-10,20H,11-14,23H2,(H,24,25)/t20?,22-/m0/s1. The van der Waals surface area contributed by atoms with E-state index in [9.17, 15) is 19.2 Å². The first-order valence-electron chi connectivity index (χ1n) is 9.50. The predicted molar refractivity (Wildman–Crippen MR) is 106 cm³/mol. The van der Waals surface area contributed by atoms with E-state index in [2.05, 4.69) is 5.32 Å². The van der Waals surface area contributed by atoms with E-state index < -0.39 is 29.6 Å². The minimum Gasteiger partial charge on any atom is -0.463 e. The zero-order chi connectivity index (χ0) is 21.6. The van der Waals surface area contributed by atoms with Gasteiger partial charge in [-0.2, -0.15) is 0 Å². The molecular formula is C22H22N2O6. The van der Waals surface area contributed by atoms with Crippen LogP contribution in [0.3, 0.4) is 0 Å². The summed E-state index contributed by atoms with van der Waals surface area (Å²) in [6.07, 6.45) is -1.49. The van der Waals surface area contributed by atoms with Crippen molar-refractivity contribution in [2.24, 2.45) is 5.73 Å². The Morgan fingerprint density at radius 2 is 1.67 bits per heavy atom. The number of nitrogens with one attached hydrogen (secondary N) is 1. The van der Waals surface area contributed by atoms with Crippen molar-refractivity contribution in [3.63, 3.8) is 0 Å². The van der Waals surface area contributed by atoms with E-state index in [1.54, 1.807) is 60.7 Å². The lowest BCUT2D eigenvalue weighted by Gasteiger charge is -2.21. The monoisotopic (exact) mass is 410 g/mol. The van der Waals surface area contributed by atoms with Crippen molar-refractivity contribution in [2.75, 3.05) is 6.61 Å². The number of ketones is 1. The first-order chi connectivity index (χ1) is 14.4. The summed E-state index contributed by atoms with van der Waals surface area (Å²) >= 11 is 0. The number of esters is 2. The Bertz CT molecular complexity index is 931. The molecule has 3 rings (SSSR count). The summed E-state index contributed by atoms with van der Waals surface area (Å²) in [5, 5.41) is 2.38. The number of hydrogen-bond acceptors (Lipinski definition) is 7. The molecule has 2 aromatic rings. The van der Waals surface area contributed by atoms with Crippen LogP contribution < -0.4 is 11.1 Å². The van der Waals surface area contributed by atoms with Crippen LogP contribution in [-0.4, -0.2) is 35.9 Å². The summed E-state index contributed by atoms with van der Waals surface area (Å²) in [5.74, 6) is -2.38. The van der Waals surface area contributed by atoms with Crippen LogP contribution in [0.4, 0.5) is 0 Å². The third kappa shape index (κ3) is 5.09. The summed E-state index contributed by atoms with van der Waals surface area (Å²) in [4.78, 5) is 49.0. The van der Waals surface area contributed by atoms with E-state index in [0.717, 1.165) is 0 Å². The van der Waals surface area contributed by atoms with Crippen LogP contribution in [0.15, 0.2) is 60.7 Å². The van der Waals surface area contributed by atoms with Gasteiger partial charge in [0.25, 0.3) is 0 Å². The summed E-state index contributed by atoms with van der Waals surface area (Å²) in [7, 11) is 0. The summed E-state index contributed by atoms with van der Waals surface area (Å²) in [5.41, 5.74) is 5.16. The largest absolute Gasteiger partial charge is 0.463 e. The van der Waals surface area contributed by atoms with Crippen LogP contribution >= 0.6 is 0 Å². The third-order valence-corrected chi connectivity index (χ3v) is 4.66. The van der Waals surface area contributed by atoms with Crippen molar-refractivity contribution in [1.82, 2.24) is 5.32 Å². The van der Waals surface area contributed by atoms with Gasteiger partial charge < -0.3 is 14.8 Å². The van der Waals surface area contributed by atoms with Crippen molar-refractivity contribution >= 4 is 23.6 Å². The molecule has 0 bridgehead atoms. The highest BCUT2D eigenvalue weighted by Crippen LogP contribution is 2.23. The van der Waals surface area contributed by atoms with Gasteiger partial charge in [-0.1, -0.05) is 60.7 Å². The number of carbonyl (C=O) groups is 4. The number of benzene rings is 2. The molecule has 0 saturated carbocycles. The average Bonchev–Trinajstić information content (AvgIpc) is 3.09. The minimum atomic E-state index is -1.57. The Hall–Kier alpha value is -3.52. The molecule has 0 radical (unpaired) electrons. The molecule has 2 atom stereocenters. The first-order valence-corrected chi connectivity index (χ1v) is 9.50. The molecule has 1 heterocycles. The van der Waals surface area contributed by atoms with Gasteiger partial charge in [0, 0.05) is 24.0 Å². The zero-order valence-corrected chi connectivity index (χ0v) is 16.2. The number of cyclic esters (lactones) is 1. The molecule has 1 amide bonds. The minimum absolute atomic E-state index is 0.123. The highest BCUT2D eigenvalue weighted by atomic mass is 16.5. The first kappa shape index (κ1) is 21.2. The Kier molecular flexibility index (Phi) is 6.58. The highest BCUT2D eigenvalue weighted by molar-refractivity contribution is 6.01. The van der Waals surface area contributed by atoms with Gasteiger partial charge in [0.05, 0.1) is 13.0 Å². The number of hydrogen-bond donors (Lipinski definition) is 2. The van der Waals surface area contributed by atoms with Crippen LogP contribution in [0.1, 0.15) is 41.3 Å². The number of amides is 1. The van der Waals surface area contributed by atoms with Gasteiger partial charge >= 0.3 is 11.9 Å². The van der Waals surface area contributed by atoms with E-state index in [1.165, 1.54) is 0 Å². The zero-order valence-electron chi connectivity index (χ0n) is 16.2. The quantitative estimate of drug-likeness (QED) is 0.385. The Labute approximate surface area is 173 Å². The normalized spacial score (nSPS) is 18.9. The SMILES string of the molecule is N[C@]1(NC(=O)CCC(=O)OC(C(=O)c2ccccc2)c2ccccc2)CCOC1=O. The van der Waals surface area contributed by atoms with Gasteiger partial charge in [-0.15, -0.1) is 0 Å². The van der Waals surface area contributed by atoms with E-state index in [4.69, 9.17) is 15.2 Å². The lowest BCUT2D eigenvalue weighted by Crippen LogP contribution is -2.59. The number of carbonyl (C=O) groups excluding carboxylic acids is 4. The molecule has 8 heteroatoms. The fourth-order valence-electron chi connectivity index (χ4n) is 3.02. The van der Waals surface area contributed by atoms with Crippen LogP contribution in [-0.2, 0) is 23.9 Å². The predicted octanol–water partition coefficient (Wildman–Crippen LogP) is 1.65. The maximum atomic E-state index is 12.9. The molecule has 156 valence electrons. The second-order valence-electron chi connectivity index (χ2n) is 6.92. The van der Waals surface area contributed by atoms with Gasteiger partial charge in [0.1, 0.15) is 0 Å². The van der Waals surface area contributed by atoms with E-state index in [-0.39, 0.29) is 31.7 Å². The molecule has 1 aliphatic heterocycles. The van der Waals surface area contributed by atoms with Crippen LogP contribution in [0.25, 0.3) is 0 Å². The maximum Gasteiger partial charge on any atom is 0.347 e. The van der Waals surface area contributed by atoms with Gasteiger partial charge in [0.2, 0.25) is 11.7 Å². The molecule has 0 aliphatic carbocycles. The van der Waals surface area contributed by atoms with Crippen LogP contribution in [0.2, 0.25) is 0 Å². The molecule has 1 saturated heterocycles. The molecule has 0 spiro atoms. The molecule has 1 aliphatic rings. The van der Waals surface area contributed by atoms with Crippen molar-refractivity contribution < 1.29 is 28.7 Å². The number of rotatable bonds is 8. The summed E-state index contributed by atoms with van der Waals surface area (Å²) in [6, 6.07) is 17.1. The molecule has 3 N–H and O–H groups in total. The number of nitrogens with two attached hydrogens (primary N) is 1.